The standard InChI is InChI=1S/C26H26Cl2N8/c1-26(2,3)14-32-22-15(11-29)12-31-23-19(22)9-16(10-20(23)27)33-24(18-5-4-8-30-25(18)28)21-13-36(35-34-21)17-6-7-17/h4-5,8-10,12-13,17,24,33H,6-7,14H2,1-3H3,(H,31,32)/i24D. The van der Waals surface area contributed by atoms with Crippen LogP contribution in [0, 0.1) is 16.7 Å². The minimum Gasteiger partial charge on any atom is -0.383 e. The zero-order valence-electron chi connectivity index (χ0n) is 21.2. The van der Waals surface area contributed by atoms with Crippen molar-refractivity contribution < 1.29 is 1.37 Å². The smallest absolute Gasteiger partial charge is 0.134 e. The van der Waals surface area contributed by atoms with Crippen molar-refractivity contribution in [2.75, 3.05) is 17.2 Å². The number of pyridine rings is 2. The molecule has 0 aliphatic heterocycles. The maximum Gasteiger partial charge on any atom is 0.134 e. The van der Waals surface area contributed by atoms with E-state index in [1.54, 1.807) is 35.3 Å². The third kappa shape index (κ3) is 5.08. The first kappa shape index (κ1) is 23.0. The van der Waals surface area contributed by atoms with Gasteiger partial charge in [-0.25, -0.2) is 9.67 Å². The normalized spacial score (nSPS) is 15.7. The molecule has 2 N–H and O–H groups in total. The number of nitrogens with zero attached hydrogens (tertiary/aromatic N) is 6. The van der Waals surface area contributed by atoms with Crippen LogP contribution in [-0.4, -0.2) is 31.5 Å². The third-order valence-electron chi connectivity index (χ3n) is 5.83. The Bertz CT molecular complexity index is 1520. The van der Waals surface area contributed by atoms with Gasteiger partial charge in [0.2, 0.25) is 0 Å². The molecule has 3 aromatic heterocycles. The Balaban J connectivity index is 1.64. The van der Waals surface area contributed by atoms with E-state index in [0.29, 0.717) is 56.7 Å². The molecule has 10 heteroatoms. The Kier molecular flexibility index (Phi) is 6.12. The van der Waals surface area contributed by atoms with Gasteiger partial charge in [0.1, 0.15) is 22.9 Å². The molecule has 0 bridgehead atoms. The van der Waals surface area contributed by atoms with Gasteiger partial charge in [-0.2, -0.15) is 5.26 Å². The second kappa shape index (κ2) is 9.57. The van der Waals surface area contributed by atoms with E-state index in [2.05, 4.69) is 57.8 Å². The van der Waals surface area contributed by atoms with Crippen LogP contribution in [0.1, 0.15) is 63.9 Å². The number of rotatable bonds is 7. The summed E-state index contributed by atoms with van der Waals surface area (Å²) in [7, 11) is 0. The van der Waals surface area contributed by atoms with Crippen molar-refractivity contribution in [3.05, 3.63) is 69.9 Å². The van der Waals surface area contributed by atoms with Crippen LogP contribution >= 0.6 is 23.2 Å². The number of hydrogen-bond donors (Lipinski definition) is 2. The summed E-state index contributed by atoms with van der Waals surface area (Å²) in [5, 5.41) is 26.3. The molecule has 1 fully saturated rings. The predicted octanol–water partition coefficient (Wildman–Crippen LogP) is 6.39. The van der Waals surface area contributed by atoms with E-state index in [1.165, 1.54) is 6.20 Å². The van der Waals surface area contributed by atoms with Gasteiger partial charge in [0.05, 0.1) is 35.4 Å². The lowest BCUT2D eigenvalue weighted by molar-refractivity contribution is 0.443. The highest BCUT2D eigenvalue weighted by molar-refractivity contribution is 6.36. The van der Waals surface area contributed by atoms with Crippen LogP contribution < -0.4 is 10.6 Å². The first-order valence-corrected chi connectivity index (χ1v) is 12.4. The van der Waals surface area contributed by atoms with Crippen LogP contribution in [0.5, 0.6) is 0 Å². The molecular formula is C26H26Cl2N8. The summed E-state index contributed by atoms with van der Waals surface area (Å²) in [4.78, 5) is 8.61. The molecule has 4 aromatic rings. The average Bonchev–Trinajstić information content (AvgIpc) is 3.57. The molecule has 1 atom stereocenters. The lowest BCUT2D eigenvalue weighted by Gasteiger charge is -2.22. The van der Waals surface area contributed by atoms with Gasteiger partial charge in [-0.05, 0) is 36.5 Å². The minimum absolute atomic E-state index is 0.0251. The lowest BCUT2D eigenvalue weighted by Crippen LogP contribution is -2.20. The summed E-state index contributed by atoms with van der Waals surface area (Å²) >= 11 is 13.2. The molecule has 1 saturated carbocycles. The van der Waals surface area contributed by atoms with Crippen molar-refractivity contribution in [2.24, 2.45) is 5.41 Å². The fourth-order valence-corrected chi connectivity index (χ4v) is 4.34. The maximum absolute atomic E-state index is 9.76. The van der Waals surface area contributed by atoms with Crippen LogP contribution in [0.25, 0.3) is 10.9 Å². The molecule has 0 spiro atoms. The minimum atomic E-state index is -1.62. The number of hydrogen-bond acceptors (Lipinski definition) is 7. The summed E-state index contributed by atoms with van der Waals surface area (Å²) < 4.78 is 11.3. The second-order valence-electron chi connectivity index (χ2n) is 10.1. The highest BCUT2D eigenvalue weighted by atomic mass is 35.5. The molecule has 36 heavy (non-hydrogen) atoms. The van der Waals surface area contributed by atoms with Crippen LogP contribution in [0.3, 0.4) is 0 Å². The molecule has 0 amide bonds. The summed E-state index contributed by atoms with van der Waals surface area (Å²) in [5.41, 5.74) is 2.91. The fraction of sp³-hybridized carbons (Fsp3) is 0.346. The van der Waals surface area contributed by atoms with Gasteiger partial charge in [0, 0.05) is 35.6 Å². The largest absolute Gasteiger partial charge is 0.383 e. The summed E-state index contributed by atoms with van der Waals surface area (Å²) in [6.45, 7) is 6.96. The van der Waals surface area contributed by atoms with Gasteiger partial charge in [-0.1, -0.05) is 55.3 Å². The zero-order chi connectivity index (χ0) is 26.4. The summed E-state index contributed by atoms with van der Waals surface area (Å²) in [5.74, 6) is 0. The quantitative estimate of drug-likeness (QED) is 0.271. The van der Waals surface area contributed by atoms with E-state index in [9.17, 15) is 6.63 Å². The monoisotopic (exact) mass is 521 g/mol. The first-order chi connectivity index (χ1) is 17.6. The van der Waals surface area contributed by atoms with Crippen LogP contribution in [0.4, 0.5) is 11.4 Å². The number of nitriles is 1. The Morgan fingerprint density at radius 3 is 2.78 bits per heavy atom. The molecule has 0 radical (unpaired) electrons. The Hall–Kier alpha value is -3.41. The van der Waals surface area contributed by atoms with Crippen LogP contribution in [0.15, 0.2) is 42.9 Å². The highest BCUT2D eigenvalue weighted by Gasteiger charge is 2.28. The van der Waals surface area contributed by atoms with E-state index in [0.717, 1.165) is 12.8 Å². The Labute approximate surface area is 221 Å². The average molecular weight is 522 g/mol. The molecule has 8 nitrogen and oxygen atoms in total. The fourth-order valence-electron chi connectivity index (χ4n) is 3.86. The van der Waals surface area contributed by atoms with Crippen molar-refractivity contribution in [3.63, 3.8) is 0 Å². The van der Waals surface area contributed by atoms with Gasteiger partial charge >= 0.3 is 0 Å². The van der Waals surface area contributed by atoms with Crippen LogP contribution in [-0.2, 0) is 0 Å². The van der Waals surface area contributed by atoms with Crippen molar-refractivity contribution >= 4 is 45.5 Å². The molecule has 184 valence electrons. The predicted molar refractivity (Wildman–Crippen MR) is 142 cm³/mol. The van der Waals surface area contributed by atoms with E-state index in [4.69, 9.17) is 23.2 Å². The third-order valence-corrected chi connectivity index (χ3v) is 6.42. The number of benzene rings is 1. The summed E-state index contributed by atoms with van der Waals surface area (Å²) in [6.07, 6.45) is 6.94. The van der Waals surface area contributed by atoms with Gasteiger partial charge in [-0.3, -0.25) is 4.98 Å². The Morgan fingerprint density at radius 2 is 2.08 bits per heavy atom. The number of fused-ring (bicyclic) bond motifs is 1. The molecule has 0 saturated heterocycles. The molecule has 3 heterocycles. The molecule has 1 aromatic carbocycles. The summed E-state index contributed by atoms with van der Waals surface area (Å²) in [6, 6.07) is 7.90. The van der Waals surface area contributed by atoms with Gasteiger partial charge in [-0.15, -0.1) is 5.10 Å². The van der Waals surface area contributed by atoms with Crippen molar-refractivity contribution in [2.45, 2.75) is 45.7 Å². The number of anilines is 2. The van der Waals surface area contributed by atoms with Crippen molar-refractivity contribution in [3.8, 4) is 6.07 Å². The first-order valence-electron chi connectivity index (χ1n) is 12.2. The van der Waals surface area contributed by atoms with E-state index < -0.39 is 6.02 Å². The van der Waals surface area contributed by atoms with Gasteiger partial charge in [0.25, 0.3) is 0 Å². The molecule has 1 aliphatic carbocycles. The SMILES string of the molecule is [2H]C(Nc1cc(Cl)c2ncc(C#N)c(NCC(C)(C)C)c2c1)(c1cn(C2CC2)nn1)c1cccnc1Cl. The maximum atomic E-state index is 9.76. The molecule has 5 rings (SSSR count). The van der Waals surface area contributed by atoms with Gasteiger partial charge < -0.3 is 10.6 Å². The van der Waals surface area contributed by atoms with Gasteiger partial charge in [0.15, 0.2) is 0 Å². The number of halogens is 2. The zero-order valence-corrected chi connectivity index (χ0v) is 21.7. The highest BCUT2D eigenvalue weighted by Crippen LogP contribution is 2.38. The van der Waals surface area contributed by atoms with E-state index in [-0.39, 0.29) is 10.6 Å². The number of nitrogens with one attached hydrogen (secondary N) is 2. The lowest BCUT2D eigenvalue weighted by atomic mass is 9.96. The van der Waals surface area contributed by atoms with Crippen molar-refractivity contribution in [1.29, 1.82) is 5.26 Å². The Morgan fingerprint density at radius 1 is 1.28 bits per heavy atom. The second-order valence-corrected chi connectivity index (χ2v) is 10.8. The number of aromatic nitrogens is 5. The van der Waals surface area contributed by atoms with Crippen LogP contribution in [0.2, 0.25) is 10.2 Å². The topological polar surface area (TPSA) is 104 Å². The molecule has 1 unspecified atom stereocenters. The van der Waals surface area contributed by atoms with Crippen molar-refractivity contribution in [1.82, 2.24) is 25.0 Å². The van der Waals surface area contributed by atoms with E-state index in [1.807, 2.05) is 6.07 Å². The molecular weight excluding hydrogens is 495 g/mol. The molecule has 1 aliphatic rings. The van der Waals surface area contributed by atoms with E-state index >= 15 is 0 Å².